The fraction of sp³-hybridized carbons (Fsp3) is 0.333. The number of hydrogen-bond acceptors (Lipinski definition) is 6. The molecule has 0 saturated carbocycles. The van der Waals surface area contributed by atoms with Gasteiger partial charge in [0.25, 0.3) is 0 Å². The molecule has 3 N–H and O–H groups in total. The van der Waals surface area contributed by atoms with E-state index in [0.717, 1.165) is 23.7 Å². The Balaban J connectivity index is 1.89. The maximum atomic E-state index is 5.80. The predicted molar refractivity (Wildman–Crippen MR) is 78.9 cm³/mol. The topological polar surface area (TPSA) is 82.3 Å². The lowest BCUT2D eigenvalue weighted by Gasteiger charge is -2.24. The number of benzene rings is 1. The summed E-state index contributed by atoms with van der Waals surface area (Å²) in [6, 6.07) is 9.83. The summed E-state index contributed by atoms with van der Waals surface area (Å²) in [7, 11) is 1.64. The molecule has 0 aliphatic carbocycles. The largest absolute Gasteiger partial charge is 0.493 e. The summed E-state index contributed by atoms with van der Waals surface area (Å²) in [5.74, 6) is 7.85. The fourth-order valence-electron chi connectivity index (χ4n) is 2.49. The van der Waals surface area contributed by atoms with E-state index in [0.29, 0.717) is 19.0 Å². The molecule has 6 heteroatoms. The van der Waals surface area contributed by atoms with Crippen LogP contribution in [0.2, 0.25) is 0 Å². The monoisotopic (exact) mass is 286 g/mol. The van der Waals surface area contributed by atoms with Gasteiger partial charge in [-0.2, -0.15) is 0 Å². The summed E-state index contributed by atoms with van der Waals surface area (Å²) in [5, 5.41) is 0. The Morgan fingerprint density at radius 2 is 2.24 bits per heavy atom. The third kappa shape index (κ3) is 2.96. The molecule has 0 bridgehead atoms. The molecule has 0 radical (unpaired) electrons. The first-order valence-electron chi connectivity index (χ1n) is 6.84. The third-order valence-electron chi connectivity index (χ3n) is 3.48. The van der Waals surface area contributed by atoms with Gasteiger partial charge >= 0.3 is 0 Å². The van der Waals surface area contributed by atoms with Crippen molar-refractivity contribution in [2.24, 2.45) is 5.84 Å². The lowest BCUT2D eigenvalue weighted by molar-refractivity contribution is 0.180. The zero-order valence-electron chi connectivity index (χ0n) is 11.9. The zero-order valence-corrected chi connectivity index (χ0v) is 11.9. The lowest BCUT2D eigenvalue weighted by atomic mass is 9.96. The maximum Gasteiger partial charge on any atom is 0.144 e. The highest BCUT2D eigenvalue weighted by Gasteiger charge is 2.24. The number of nitrogen functional groups attached to an aromatic ring is 1. The molecule has 6 nitrogen and oxygen atoms in total. The molecule has 0 fully saturated rings. The van der Waals surface area contributed by atoms with Crippen LogP contribution in [0.5, 0.6) is 5.75 Å². The highest BCUT2D eigenvalue weighted by molar-refractivity contribution is 5.38. The first kappa shape index (κ1) is 13.8. The van der Waals surface area contributed by atoms with Gasteiger partial charge in [0.15, 0.2) is 0 Å². The minimum atomic E-state index is 0.115. The summed E-state index contributed by atoms with van der Waals surface area (Å²) >= 11 is 0. The molecule has 1 atom stereocenters. The van der Waals surface area contributed by atoms with Crippen molar-refractivity contribution in [2.75, 3.05) is 19.1 Å². The van der Waals surface area contributed by atoms with Gasteiger partial charge in [-0.3, -0.25) is 0 Å². The van der Waals surface area contributed by atoms with Crippen molar-refractivity contribution in [3.8, 4) is 5.75 Å². The van der Waals surface area contributed by atoms with Crippen LogP contribution in [-0.4, -0.2) is 23.7 Å². The van der Waals surface area contributed by atoms with Crippen molar-refractivity contribution in [1.29, 1.82) is 0 Å². The number of nitrogens with one attached hydrogen (secondary N) is 1. The average molecular weight is 286 g/mol. The summed E-state index contributed by atoms with van der Waals surface area (Å²) in [6.45, 7) is 0.992. The number of hydrazine groups is 1. The van der Waals surface area contributed by atoms with E-state index in [2.05, 4.69) is 21.5 Å². The number of fused-ring (bicyclic) bond motifs is 1. The van der Waals surface area contributed by atoms with Crippen LogP contribution < -0.4 is 16.0 Å². The number of para-hydroxylation sites is 1. The minimum Gasteiger partial charge on any atom is -0.493 e. The molecule has 1 aliphatic rings. The number of rotatable bonds is 4. The number of anilines is 1. The average Bonchev–Trinajstić information content (AvgIpc) is 2.54. The second-order valence-corrected chi connectivity index (χ2v) is 5.00. The minimum absolute atomic E-state index is 0.115. The van der Waals surface area contributed by atoms with Gasteiger partial charge in [0.1, 0.15) is 17.4 Å². The smallest absolute Gasteiger partial charge is 0.144 e. The molecular weight excluding hydrogens is 268 g/mol. The molecule has 2 heterocycles. The van der Waals surface area contributed by atoms with Crippen molar-refractivity contribution in [3.05, 3.63) is 47.4 Å². The van der Waals surface area contributed by atoms with Gasteiger partial charge < -0.3 is 14.9 Å². The number of nitrogens with zero attached hydrogens (tertiary/aromatic N) is 2. The van der Waals surface area contributed by atoms with Gasteiger partial charge in [0.2, 0.25) is 0 Å². The second kappa shape index (κ2) is 6.07. The van der Waals surface area contributed by atoms with Gasteiger partial charge in [0, 0.05) is 13.2 Å². The van der Waals surface area contributed by atoms with Crippen LogP contribution in [0.1, 0.15) is 23.0 Å². The van der Waals surface area contributed by atoms with Gasteiger partial charge in [-0.05, 0) is 18.1 Å². The number of ether oxygens (including phenoxy) is 2. The van der Waals surface area contributed by atoms with Crippen LogP contribution in [0.4, 0.5) is 5.82 Å². The van der Waals surface area contributed by atoms with Crippen molar-refractivity contribution < 1.29 is 9.47 Å². The molecule has 3 rings (SSSR count). The Morgan fingerprint density at radius 3 is 3.05 bits per heavy atom. The molecule has 1 unspecified atom stereocenters. The van der Waals surface area contributed by atoms with Gasteiger partial charge in [-0.1, -0.05) is 18.2 Å². The molecule has 110 valence electrons. The fourth-order valence-corrected chi connectivity index (χ4v) is 2.49. The van der Waals surface area contributed by atoms with E-state index >= 15 is 0 Å². The van der Waals surface area contributed by atoms with Crippen LogP contribution in [-0.2, 0) is 17.8 Å². The van der Waals surface area contributed by atoms with E-state index in [4.69, 9.17) is 15.3 Å². The summed E-state index contributed by atoms with van der Waals surface area (Å²) < 4.78 is 10.9. The van der Waals surface area contributed by atoms with Crippen LogP contribution in [0, 0.1) is 0 Å². The number of methoxy groups -OCH3 is 1. The summed E-state index contributed by atoms with van der Waals surface area (Å²) in [6.07, 6.45) is 0.858. The Kier molecular flexibility index (Phi) is 3.98. The Morgan fingerprint density at radius 1 is 1.38 bits per heavy atom. The predicted octanol–water partition coefficient (Wildman–Crippen LogP) is 1.63. The van der Waals surface area contributed by atoms with Crippen LogP contribution >= 0.6 is 0 Å². The molecule has 21 heavy (non-hydrogen) atoms. The van der Waals surface area contributed by atoms with Crippen LogP contribution in [0.25, 0.3) is 0 Å². The van der Waals surface area contributed by atoms with E-state index < -0.39 is 0 Å². The number of nitrogens with two attached hydrogens (primary N) is 1. The van der Waals surface area contributed by atoms with Gasteiger partial charge in [-0.15, -0.1) is 0 Å². The van der Waals surface area contributed by atoms with Crippen molar-refractivity contribution in [2.45, 2.75) is 18.9 Å². The van der Waals surface area contributed by atoms with Gasteiger partial charge in [0.05, 0.1) is 24.8 Å². The van der Waals surface area contributed by atoms with Crippen molar-refractivity contribution in [3.63, 3.8) is 0 Å². The quantitative estimate of drug-likeness (QED) is 0.656. The van der Waals surface area contributed by atoms with Crippen molar-refractivity contribution >= 4 is 5.82 Å². The highest BCUT2D eigenvalue weighted by atomic mass is 16.5. The summed E-state index contributed by atoms with van der Waals surface area (Å²) in [5.41, 5.74) is 4.55. The van der Waals surface area contributed by atoms with E-state index in [-0.39, 0.29) is 5.92 Å². The van der Waals surface area contributed by atoms with E-state index in [1.54, 1.807) is 13.2 Å². The third-order valence-corrected chi connectivity index (χ3v) is 3.48. The SMILES string of the molecule is COCc1cc(NN)nc(C2COc3ccccc3C2)n1. The first-order valence-corrected chi connectivity index (χ1v) is 6.84. The molecular formula is C15H18N4O2. The molecule has 0 amide bonds. The van der Waals surface area contributed by atoms with E-state index in [1.807, 2.05) is 18.2 Å². The zero-order chi connectivity index (χ0) is 14.7. The molecule has 2 aromatic rings. The standard InChI is InChI=1S/C15H18N4O2/c1-20-9-12-7-14(19-16)18-15(17-12)11-6-10-4-2-3-5-13(10)21-8-11/h2-5,7,11H,6,8-9,16H2,1H3,(H,17,18,19). The molecule has 0 saturated heterocycles. The highest BCUT2D eigenvalue weighted by Crippen LogP contribution is 2.31. The van der Waals surface area contributed by atoms with E-state index in [9.17, 15) is 0 Å². The molecule has 1 aliphatic heterocycles. The normalized spacial score (nSPS) is 17.0. The van der Waals surface area contributed by atoms with Crippen molar-refractivity contribution in [1.82, 2.24) is 9.97 Å². The van der Waals surface area contributed by atoms with E-state index in [1.165, 1.54) is 5.56 Å². The van der Waals surface area contributed by atoms with Crippen LogP contribution in [0.15, 0.2) is 30.3 Å². The summed E-state index contributed by atoms with van der Waals surface area (Å²) in [4.78, 5) is 9.00. The number of aromatic nitrogens is 2. The lowest BCUT2D eigenvalue weighted by Crippen LogP contribution is -2.22. The first-order chi connectivity index (χ1) is 10.3. The number of hydrogen-bond donors (Lipinski definition) is 2. The Bertz CT molecular complexity index is 633. The van der Waals surface area contributed by atoms with Crippen LogP contribution in [0.3, 0.4) is 0 Å². The van der Waals surface area contributed by atoms with Gasteiger partial charge in [-0.25, -0.2) is 15.8 Å². The Hall–Kier alpha value is -2.18. The second-order valence-electron chi connectivity index (χ2n) is 5.00. The maximum absolute atomic E-state index is 5.80. The molecule has 1 aromatic heterocycles. The Labute approximate surface area is 123 Å². The molecule has 0 spiro atoms. The molecule has 1 aromatic carbocycles.